The van der Waals surface area contributed by atoms with E-state index in [1.54, 1.807) is 23.1 Å². The summed E-state index contributed by atoms with van der Waals surface area (Å²) in [6.45, 7) is 21.9. The van der Waals surface area contributed by atoms with Crippen LogP contribution < -0.4 is 20.5 Å². The lowest BCUT2D eigenvalue weighted by Gasteiger charge is -2.33. The Bertz CT molecular complexity index is 2980. The van der Waals surface area contributed by atoms with Gasteiger partial charge in [0.2, 0.25) is 10.6 Å². The van der Waals surface area contributed by atoms with Crippen molar-refractivity contribution in [3.05, 3.63) is 80.8 Å². The number of nitrogens with zero attached hydrogens (tertiary/aromatic N) is 8. The summed E-state index contributed by atoms with van der Waals surface area (Å²) in [5.41, 5.74) is -1.77. The number of nitrogens with two attached hydrogens (primary N) is 1. The molecule has 424 valence electrons. The highest BCUT2D eigenvalue weighted by atomic mass is 35.5. The first-order valence-electron chi connectivity index (χ1n) is 24.1. The number of rotatable bonds is 15. The average Bonchev–Trinajstić information content (AvgIpc) is 3.78. The van der Waals surface area contributed by atoms with E-state index in [9.17, 15) is 36.0 Å². The molecule has 0 radical (unpaired) electrons. The minimum Gasteiger partial charge on any atom is -0.444 e. The van der Waals surface area contributed by atoms with Gasteiger partial charge in [0.1, 0.15) is 33.1 Å². The fourth-order valence-corrected chi connectivity index (χ4v) is 10.6. The molecular weight excluding hydrogens is 1150 g/mol. The fraction of sp³-hybridized carbons (Fsp3) is 0.542. The summed E-state index contributed by atoms with van der Waals surface area (Å²) in [7, 11) is -8.10. The minimum absolute atomic E-state index is 0.0170. The van der Waals surface area contributed by atoms with Gasteiger partial charge in [0.15, 0.2) is 10.1 Å². The molecule has 0 unspecified atom stereocenters. The summed E-state index contributed by atoms with van der Waals surface area (Å²) in [5, 5.41) is 9.65. The van der Waals surface area contributed by atoms with Crippen LogP contribution in [0.1, 0.15) is 128 Å². The summed E-state index contributed by atoms with van der Waals surface area (Å²) in [6, 6.07) is 9.10. The van der Waals surface area contributed by atoms with E-state index in [0.717, 1.165) is 44.7 Å². The van der Waals surface area contributed by atoms with Gasteiger partial charge in [-0.15, -0.1) is 0 Å². The normalized spacial score (nSPS) is 17.0. The Kier molecular flexibility index (Phi) is 22.5. The highest BCUT2D eigenvalue weighted by Crippen LogP contribution is 2.37. The van der Waals surface area contributed by atoms with Crippen LogP contribution >= 0.6 is 58.0 Å². The molecule has 77 heavy (non-hydrogen) atoms. The first-order chi connectivity index (χ1) is 35.5. The molecule has 29 heteroatoms. The maximum absolute atomic E-state index is 12.7. The van der Waals surface area contributed by atoms with Crippen molar-refractivity contribution in [3.8, 4) is 0 Å². The quantitative estimate of drug-likeness (QED) is 0.0372. The van der Waals surface area contributed by atoms with Crippen LogP contribution in [0.4, 0.5) is 21.2 Å². The summed E-state index contributed by atoms with van der Waals surface area (Å²) in [5.74, 6) is 0.529. The van der Waals surface area contributed by atoms with E-state index in [1.807, 2.05) is 65.0 Å². The van der Waals surface area contributed by atoms with Gasteiger partial charge in [-0.1, -0.05) is 35.3 Å². The largest absolute Gasteiger partial charge is 0.444 e. The fourth-order valence-electron chi connectivity index (χ4n) is 8.18. The molecule has 4 aromatic heterocycles. The van der Waals surface area contributed by atoms with Crippen molar-refractivity contribution in [2.45, 2.75) is 140 Å². The maximum Gasteiger partial charge on any atom is 0.410 e. The van der Waals surface area contributed by atoms with Crippen LogP contribution in [0.5, 0.6) is 0 Å². The number of aromatic nitrogens is 6. The number of anilines is 2. The first kappa shape index (κ1) is 64.6. The molecule has 6 heterocycles. The van der Waals surface area contributed by atoms with Crippen LogP contribution in [0.15, 0.2) is 58.8 Å². The number of halogens is 5. The predicted octanol–water partition coefficient (Wildman–Crippen LogP) is 9.64. The van der Waals surface area contributed by atoms with Crippen LogP contribution in [0.2, 0.25) is 20.9 Å². The van der Waals surface area contributed by atoms with E-state index < -0.39 is 42.4 Å². The molecule has 4 aromatic rings. The molecule has 0 spiro atoms. The number of carbonyl (C=O) groups is 4. The van der Waals surface area contributed by atoms with Crippen molar-refractivity contribution in [1.82, 2.24) is 44.4 Å². The standard InChI is InChI=1S/C24H32Cl2N6O5S.C19H32N4O4S.C5HCl3N2O/c1-23(2,3)37-22(34)32-14-15(12-24(32,4)5)8-7-11-27-17-9-6-10-18(29-17)38(35,36)31-20(33)16-13-28-21(26)30-19(16)25;1-18(2,3)27-17(24)23-13-14(12-19(23,4)5)8-7-11-21-15-9-6-10-16(22-15)28(20,25)26;6-3-2(4(7)11)1-9-5(8)10-3/h6,9-10,13,15H,7-8,11-12,14H2,1-5H3,(H,27,29)(H,31,33);6,9-10,14H,7-8,11-13H2,1-5H3,(H,21,22)(H2,20,25,26);1H/t15-;14-;/m00./s1. The van der Waals surface area contributed by atoms with Crippen LogP contribution in [0.25, 0.3) is 0 Å². The van der Waals surface area contributed by atoms with Crippen molar-refractivity contribution in [3.63, 3.8) is 0 Å². The number of hydrogen-bond donors (Lipinski definition) is 4. The van der Waals surface area contributed by atoms with Crippen LogP contribution in [-0.2, 0) is 29.5 Å². The average molecular weight is 1210 g/mol. The summed E-state index contributed by atoms with van der Waals surface area (Å²) < 4.78 is 61.2. The van der Waals surface area contributed by atoms with Crippen LogP contribution in [-0.4, -0.2) is 128 Å². The van der Waals surface area contributed by atoms with E-state index in [-0.39, 0.29) is 65.3 Å². The number of nitrogens with one attached hydrogen (secondary N) is 3. The van der Waals surface area contributed by atoms with Crippen molar-refractivity contribution in [2.75, 3.05) is 36.8 Å². The van der Waals surface area contributed by atoms with E-state index in [4.69, 9.17) is 72.6 Å². The highest BCUT2D eigenvalue weighted by Gasteiger charge is 2.44. The zero-order chi connectivity index (χ0) is 57.9. The highest BCUT2D eigenvalue weighted by molar-refractivity contribution is 7.90. The molecule has 0 aliphatic carbocycles. The second-order valence-corrected chi connectivity index (χ2v) is 26.1. The number of carbonyl (C=O) groups excluding carboxylic acids is 4. The number of amides is 3. The summed E-state index contributed by atoms with van der Waals surface area (Å²) in [4.78, 5) is 74.1. The zero-order valence-electron chi connectivity index (χ0n) is 44.3. The molecule has 6 rings (SSSR count). The van der Waals surface area contributed by atoms with Gasteiger partial charge in [0.25, 0.3) is 31.2 Å². The first-order valence-corrected chi connectivity index (χ1v) is 29.0. The molecule has 0 bridgehead atoms. The molecular formula is C48H65Cl5N12O10S2. The SMILES string of the molecule is CC(C)(C)OC(=O)N1C[C@@H](CCCNc2cccc(S(=O)(=O)NC(=O)c3cnc(Cl)nc3Cl)n2)CC1(C)C.CC(C)(C)OC(=O)N1C[C@@H](CCCNc2cccc(S(N)(=O)=O)n2)CC1(C)C.O=C(Cl)c1cnc(Cl)nc1Cl. The Labute approximate surface area is 474 Å². The molecule has 5 N–H and O–H groups in total. The van der Waals surface area contributed by atoms with E-state index in [2.05, 4.69) is 54.4 Å². The lowest BCUT2D eigenvalue weighted by Crippen LogP contribution is -2.45. The predicted molar refractivity (Wildman–Crippen MR) is 294 cm³/mol. The van der Waals surface area contributed by atoms with E-state index in [1.165, 1.54) is 24.4 Å². The summed E-state index contributed by atoms with van der Waals surface area (Å²) >= 11 is 27.4. The Balaban J connectivity index is 0.000000285. The Hall–Kier alpha value is -4.95. The molecule has 0 saturated carbocycles. The second kappa shape index (κ2) is 26.8. The van der Waals surface area contributed by atoms with Gasteiger partial charge in [-0.3, -0.25) is 9.59 Å². The van der Waals surface area contributed by atoms with Gasteiger partial charge >= 0.3 is 12.2 Å². The van der Waals surface area contributed by atoms with Gasteiger partial charge in [0, 0.05) is 49.7 Å². The van der Waals surface area contributed by atoms with Crippen molar-refractivity contribution in [2.24, 2.45) is 17.0 Å². The molecule has 2 fully saturated rings. The smallest absolute Gasteiger partial charge is 0.410 e. The number of sulfonamides is 2. The van der Waals surface area contributed by atoms with Crippen molar-refractivity contribution < 1.29 is 45.5 Å². The van der Waals surface area contributed by atoms with Crippen molar-refractivity contribution >= 4 is 113 Å². The maximum atomic E-state index is 12.7. The molecule has 2 aliphatic heterocycles. The van der Waals surface area contributed by atoms with Gasteiger partial charge in [-0.2, -0.15) is 8.42 Å². The van der Waals surface area contributed by atoms with Gasteiger partial charge in [-0.05, 0) is 179 Å². The number of likely N-dealkylation sites (tertiary alicyclic amines) is 2. The monoisotopic (exact) mass is 1210 g/mol. The lowest BCUT2D eigenvalue weighted by atomic mass is 9.93. The van der Waals surface area contributed by atoms with Gasteiger partial charge in [0.05, 0.1) is 11.1 Å². The molecule has 2 saturated heterocycles. The topological polar surface area (TPSA) is 301 Å². The third-order valence-corrected chi connectivity index (χ3v) is 14.6. The number of pyridine rings is 2. The third kappa shape index (κ3) is 20.7. The lowest BCUT2D eigenvalue weighted by molar-refractivity contribution is 0.0118. The van der Waals surface area contributed by atoms with Crippen molar-refractivity contribution in [1.29, 1.82) is 0 Å². The molecule has 2 atom stereocenters. The zero-order valence-corrected chi connectivity index (χ0v) is 49.7. The Morgan fingerprint density at radius 1 is 0.662 bits per heavy atom. The van der Waals surface area contributed by atoms with E-state index in [0.29, 0.717) is 49.7 Å². The number of hydrogen-bond acceptors (Lipinski definition) is 18. The molecule has 22 nitrogen and oxygen atoms in total. The molecule has 3 amide bonds. The molecule has 2 aliphatic rings. The Morgan fingerprint density at radius 3 is 1.45 bits per heavy atom. The van der Waals surface area contributed by atoms with E-state index >= 15 is 0 Å². The van der Waals surface area contributed by atoms with Crippen LogP contribution in [0.3, 0.4) is 0 Å². The number of primary sulfonamides is 1. The third-order valence-electron chi connectivity index (χ3n) is 11.5. The Morgan fingerprint density at radius 2 is 1.06 bits per heavy atom. The second-order valence-electron chi connectivity index (χ2n) is 21.2. The number of ether oxygens (including phenoxy) is 2. The minimum atomic E-state index is -4.29. The molecule has 0 aromatic carbocycles. The van der Waals surface area contributed by atoms with Crippen LogP contribution in [0, 0.1) is 11.8 Å². The summed E-state index contributed by atoms with van der Waals surface area (Å²) in [6.07, 6.45) is 6.91. The van der Waals surface area contributed by atoms with Gasteiger partial charge in [-0.25, -0.2) is 57.8 Å². The van der Waals surface area contributed by atoms with Gasteiger partial charge < -0.3 is 29.9 Å².